The summed E-state index contributed by atoms with van der Waals surface area (Å²) in [6.45, 7) is 1.92. The summed E-state index contributed by atoms with van der Waals surface area (Å²) in [4.78, 5) is 33.0. The SMILES string of the molecule is Cc1ccc(C(=O)c2ccc(Oc3ccc(-c4cnc5ccccc5n4)cc3)c([N+](=O)[O-])c2)cc1. The van der Waals surface area contributed by atoms with Gasteiger partial charge in [0.1, 0.15) is 5.75 Å². The molecule has 7 nitrogen and oxygen atoms in total. The molecule has 5 aromatic rings. The number of hydrogen-bond acceptors (Lipinski definition) is 6. The largest absolute Gasteiger partial charge is 0.450 e. The molecule has 4 aromatic carbocycles. The molecule has 0 N–H and O–H groups in total. The first-order valence-corrected chi connectivity index (χ1v) is 10.9. The lowest BCUT2D eigenvalue weighted by atomic mass is 10.0. The lowest BCUT2D eigenvalue weighted by Crippen LogP contribution is -2.03. The predicted octanol–water partition coefficient (Wildman–Crippen LogP) is 6.54. The molecule has 0 amide bonds. The molecule has 0 fully saturated rings. The first-order chi connectivity index (χ1) is 17.0. The van der Waals surface area contributed by atoms with Gasteiger partial charge in [-0.1, -0.05) is 42.0 Å². The molecule has 0 saturated carbocycles. The minimum atomic E-state index is -0.555. The Balaban J connectivity index is 1.39. The number of hydrogen-bond donors (Lipinski definition) is 0. The van der Waals surface area contributed by atoms with E-state index in [1.807, 2.05) is 55.5 Å². The maximum Gasteiger partial charge on any atom is 0.312 e. The summed E-state index contributed by atoms with van der Waals surface area (Å²) in [7, 11) is 0. The number of carbonyl (C=O) groups excluding carboxylic acids is 1. The van der Waals surface area contributed by atoms with Gasteiger partial charge in [0.05, 0.1) is 27.8 Å². The van der Waals surface area contributed by atoms with E-state index in [2.05, 4.69) is 9.97 Å². The first kappa shape index (κ1) is 21.9. The number of carbonyl (C=O) groups is 1. The number of aryl methyl sites for hydroxylation is 1. The Kier molecular flexibility index (Phi) is 5.73. The Labute approximate surface area is 200 Å². The molecule has 0 bridgehead atoms. The van der Waals surface area contributed by atoms with Crippen molar-refractivity contribution in [3.05, 3.63) is 124 Å². The van der Waals surface area contributed by atoms with Crippen molar-refractivity contribution in [3.63, 3.8) is 0 Å². The number of aromatic nitrogens is 2. The third-order valence-electron chi connectivity index (χ3n) is 5.56. The van der Waals surface area contributed by atoms with Gasteiger partial charge in [-0.3, -0.25) is 19.9 Å². The lowest BCUT2D eigenvalue weighted by molar-refractivity contribution is -0.385. The molecule has 7 heteroatoms. The quantitative estimate of drug-likeness (QED) is 0.162. The molecular weight excluding hydrogens is 442 g/mol. The van der Waals surface area contributed by atoms with Crippen LogP contribution in [0.3, 0.4) is 0 Å². The Bertz CT molecular complexity index is 1560. The summed E-state index contributed by atoms with van der Waals surface area (Å²) in [5.74, 6) is 0.178. The van der Waals surface area contributed by atoms with Gasteiger partial charge in [0, 0.05) is 22.8 Å². The van der Waals surface area contributed by atoms with Crippen molar-refractivity contribution in [2.75, 3.05) is 0 Å². The van der Waals surface area contributed by atoms with Crippen molar-refractivity contribution in [2.24, 2.45) is 0 Å². The fraction of sp³-hybridized carbons (Fsp3) is 0.0357. The van der Waals surface area contributed by atoms with Gasteiger partial charge in [-0.05, 0) is 55.5 Å². The van der Waals surface area contributed by atoms with Crippen molar-refractivity contribution >= 4 is 22.5 Å². The van der Waals surface area contributed by atoms with Crippen LogP contribution in [0.2, 0.25) is 0 Å². The van der Waals surface area contributed by atoms with Crippen LogP contribution in [0.25, 0.3) is 22.3 Å². The number of rotatable bonds is 6. The van der Waals surface area contributed by atoms with Gasteiger partial charge in [-0.2, -0.15) is 0 Å². The third-order valence-corrected chi connectivity index (χ3v) is 5.56. The molecule has 35 heavy (non-hydrogen) atoms. The molecule has 5 rings (SSSR count). The second kappa shape index (κ2) is 9.15. The first-order valence-electron chi connectivity index (χ1n) is 10.9. The average Bonchev–Trinajstić information content (AvgIpc) is 2.89. The van der Waals surface area contributed by atoms with Crippen LogP contribution in [-0.4, -0.2) is 20.7 Å². The zero-order chi connectivity index (χ0) is 24.4. The molecule has 0 unspecified atom stereocenters. The minimum absolute atomic E-state index is 0.0497. The Morgan fingerprint density at radius 2 is 1.54 bits per heavy atom. The number of ether oxygens (including phenoxy) is 1. The normalized spacial score (nSPS) is 10.8. The number of ketones is 1. The molecule has 0 radical (unpaired) electrons. The van der Waals surface area contributed by atoms with Crippen molar-refractivity contribution in [1.82, 2.24) is 9.97 Å². The van der Waals surface area contributed by atoms with Gasteiger partial charge in [0.2, 0.25) is 5.75 Å². The van der Waals surface area contributed by atoms with Gasteiger partial charge in [-0.25, -0.2) is 4.98 Å². The monoisotopic (exact) mass is 461 g/mol. The maximum absolute atomic E-state index is 12.8. The zero-order valence-corrected chi connectivity index (χ0v) is 18.7. The number of fused-ring (bicyclic) bond motifs is 1. The van der Waals surface area contributed by atoms with Gasteiger partial charge >= 0.3 is 5.69 Å². The number of nitro groups is 1. The van der Waals surface area contributed by atoms with Crippen LogP contribution in [0.15, 0.2) is 97.2 Å². The minimum Gasteiger partial charge on any atom is -0.450 e. The fourth-order valence-corrected chi connectivity index (χ4v) is 3.68. The van der Waals surface area contributed by atoms with E-state index in [-0.39, 0.29) is 22.8 Å². The second-order valence-electron chi connectivity index (χ2n) is 8.01. The molecule has 1 aromatic heterocycles. The zero-order valence-electron chi connectivity index (χ0n) is 18.7. The molecule has 0 atom stereocenters. The van der Waals surface area contributed by atoms with E-state index in [1.165, 1.54) is 18.2 Å². The van der Waals surface area contributed by atoms with Crippen LogP contribution in [0.5, 0.6) is 11.5 Å². The van der Waals surface area contributed by atoms with Crippen LogP contribution in [0.1, 0.15) is 21.5 Å². The van der Waals surface area contributed by atoms with Crippen molar-refractivity contribution < 1.29 is 14.5 Å². The summed E-state index contributed by atoms with van der Waals surface area (Å²) in [6, 6.07) is 25.9. The highest BCUT2D eigenvalue weighted by molar-refractivity contribution is 6.09. The molecule has 1 heterocycles. The summed E-state index contributed by atoms with van der Waals surface area (Å²) < 4.78 is 5.80. The number of para-hydroxylation sites is 2. The van der Waals surface area contributed by atoms with E-state index in [0.29, 0.717) is 17.0 Å². The summed E-state index contributed by atoms with van der Waals surface area (Å²) in [6.07, 6.45) is 1.70. The van der Waals surface area contributed by atoms with Crippen LogP contribution in [0, 0.1) is 17.0 Å². The van der Waals surface area contributed by atoms with E-state index in [0.717, 1.165) is 22.2 Å². The predicted molar refractivity (Wildman–Crippen MR) is 133 cm³/mol. The van der Waals surface area contributed by atoms with Crippen molar-refractivity contribution in [3.8, 4) is 22.8 Å². The summed E-state index contributed by atoms with van der Waals surface area (Å²) in [5.41, 5.74) is 4.57. The summed E-state index contributed by atoms with van der Waals surface area (Å²) in [5, 5.41) is 11.7. The van der Waals surface area contributed by atoms with Crippen LogP contribution in [-0.2, 0) is 0 Å². The number of nitrogens with zero attached hydrogens (tertiary/aromatic N) is 3. The van der Waals surface area contributed by atoms with E-state index >= 15 is 0 Å². The van der Waals surface area contributed by atoms with Gasteiger partial charge in [0.15, 0.2) is 5.78 Å². The van der Waals surface area contributed by atoms with Crippen molar-refractivity contribution in [1.29, 1.82) is 0 Å². The Morgan fingerprint density at radius 1 is 0.857 bits per heavy atom. The van der Waals surface area contributed by atoms with Crippen LogP contribution >= 0.6 is 0 Å². The molecule has 0 aliphatic rings. The van der Waals surface area contributed by atoms with Crippen molar-refractivity contribution in [2.45, 2.75) is 6.92 Å². The highest BCUT2D eigenvalue weighted by atomic mass is 16.6. The highest BCUT2D eigenvalue weighted by Gasteiger charge is 2.20. The Morgan fingerprint density at radius 3 is 2.26 bits per heavy atom. The van der Waals surface area contributed by atoms with E-state index in [9.17, 15) is 14.9 Å². The van der Waals surface area contributed by atoms with E-state index in [1.54, 1.807) is 30.5 Å². The molecule has 0 aliphatic carbocycles. The molecule has 0 aliphatic heterocycles. The highest BCUT2D eigenvalue weighted by Crippen LogP contribution is 2.33. The number of benzene rings is 4. The molecular formula is C28H19N3O4. The summed E-state index contributed by atoms with van der Waals surface area (Å²) >= 11 is 0. The Hall–Kier alpha value is -4.91. The third kappa shape index (κ3) is 4.60. The lowest BCUT2D eigenvalue weighted by Gasteiger charge is -2.09. The van der Waals surface area contributed by atoms with Gasteiger partial charge in [0.25, 0.3) is 0 Å². The van der Waals surface area contributed by atoms with Gasteiger partial charge < -0.3 is 4.74 Å². The molecule has 170 valence electrons. The standard InChI is InChI=1S/C28H19N3O4/c1-18-6-8-20(9-7-18)28(32)21-12-15-27(26(16-21)31(33)34)35-22-13-10-19(11-14-22)25-17-29-23-4-2-3-5-24(23)30-25/h2-17H,1H3. The maximum atomic E-state index is 12.8. The van der Waals surface area contributed by atoms with E-state index in [4.69, 9.17) is 4.74 Å². The second-order valence-corrected chi connectivity index (χ2v) is 8.01. The average molecular weight is 461 g/mol. The number of nitro benzene ring substituents is 1. The molecule has 0 saturated heterocycles. The molecule has 0 spiro atoms. The van der Waals surface area contributed by atoms with Crippen LogP contribution in [0.4, 0.5) is 5.69 Å². The van der Waals surface area contributed by atoms with E-state index < -0.39 is 4.92 Å². The fourth-order valence-electron chi connectivity index (χ4n) is 3.68. The smallest absolute Gasteiger partial charge is 0.312 e. The van der Waals surface area contributed by atoms with Crippen LogP contribution < -0.4 is 4.74 Å². The topological polar surface area (TPSA) is 95.2 Å². The van der Waals surface area contributed by atoms with Gasteiger partial charge in [-0.15, -0.1) is 0 Å².